The van der Waals surface area contributed by atoms with Gasteiger partial charge in [-0.05, 0) is 32.9 Å². The molecule has 96 valence electrons. The molecule has 1 aliphatic rings. The Hall–Kier alpha value is -1.48. The maximum atomic E-state index is 12.0. The molecule has 1 heterocycles. The average molecular weight is 245 g/mol. The van der Waals surface area contributed by atoms with Crippen LogP contribution in [0.4, 0.5) is 0 Å². The second kappa shape index (κ2) is 5.91. The van der Waals surface area contributed by atoms with E-state index in [-0.39, 0.29) is 17.5 Å². The van der Waals surface area contributed by atoms with E-state index in [0.29, 0.717) is 6.54 Å². The number of piperidine rings is 1. The summed E-state index contributed by atoms with van der Waals surface area (Å²) in [5, 5.41) is 0. The number of nitrogens with zero attached hydrogens (tertiary/aromatic N) is 1. The lowest BCUT2D eigenvalue weighted by Crippen LogP contribution is -2.38. The fourth-order valence-electron chi connectivity index (χ4n) is 2.42. The average Bonchev–Trinajstić information content (AvgIpc) is 2.40. The van der Waals surface area contributed by atoms with Crippen LogP contribution in [0.2, 0.25) is 0 Å². The number of carbonyl (C=O) groups excluding carboxylic acids is 2. The molecule has 1 fully saturated rings. The van der Waals surface area contributed by atoms with E-state index in [4.69, 9.17) is 0 Å². The van der Waals surface area contributed by atoms with Gasteiger partial charge in [-0.2, -0.15) is 0 Å². The van der Waals surface area contributed by atoms with E-state index in [9.17, 15) is 9.59 Å². The van der Waals surface area contributed by atoms with Crippen molar-refractivity contribution in [3.63, 3.8) is 0 Å². The number of Topliss-reactive ketones (excluding diaryl/α,β-unsaturated/α-hetero) is 2. The van der Waals surface area contributed by atoms with Gasteiger partial charge in [-0.3, -0.25) is 14.5 Å². The van der Waals surface area contributed by atoms with Crippen LogP contribution in [0.3, 0.4) is 0 Å². The Kier molecular flexibility index (Phi) is 4.26. The molecule has 3 nitrogen and oxygen atoms in total. The molecule has 0 bridgehead atoms. The summed E-state index contributed by atoms with van der Waals surface area (Å²) in [4.78, 5) is 25.4. The molecule has 0 aliphatic carbocycles. The standard InChI is InChI=1S/C15H19NO2/c1-12(17)13-7-9-16(10-8-13)11-15(18)14-5-3-2-4-6-14/h2-6,13H,7-11H2,1H3. The van der Waals surface area contributed by atoms with E-state index in [1.54, 1.807) is 6.92 Å². The largest absolute Gasteiger partial charge is 0.300 e. The van der Waals surface area contributed by atoms with Crippen molar-refractivity contribution in [2.45, 2.75) is 19.8 Å². The number of benzene rings is 1. The molecular weight excluding hydrogens is 226 g/mol. The maximum absolute atomic E-state index is 12.0. The van der Waals surface area contributed by atoms with Gasteiger partial charge in [-0.1, -0.05) is 30.3 Å². The summed E-state index contributed by atoms with van der Waals surface area (Å²) in [5.74, 6) is 0.647. The fraction of sp³-hybridized carbons (Fsp3) is 0.467. The van der Waals surface area contributed by atoms with Crippen LogP contribution in [0.15, 0.2) is 30.3 Å². The van der Waals surface area contributed by atoms with E-state index in [1.165, 1.54) is 0 Å². The molecule has 0 spiro atoms. The Morgan fingerprint density at radius 3 is 2.33 bits per heavy atom. The summed E-state index contributed by atoms with van der Waals surface area (Å²) in [6.07, 6.45) is 1.77. The SMILES string of the molecule is CC(=O)C1CCN(CC(=O)c2ccccc2)CC1. The van der Waals surface area contributed by atoms with E-state index in [0.717, 1.165) is 31.5 Å². The van der Waals surface area contributed by atoms with Gasteiger partial charge in [0.05, 0.1) is 6.54 Å². The first-order valence-corrected chi connectivity index (χ1v) is 6.48. The lowest BCUT2D eigenvalue weighted by Gasteiger charge is -2.30. The van der Waals surface area contributed by atoms with Gasteiger partial charge in [-0.15, -0.1) is 0 Å². The molecule has 3 heteroatoms. The minimum Gasteiger partial charge on any atom is -0.300 e. The Labute approximate surface area is 108 Å². The number of rotatable bonds is 4. The summed E-state index contributed by atoms with van der Waals surface area (Å²) in [7, 11) is 0. The van der Waals surface area contributed by atoms with Crippen LogP contribution < -0.4 is 0 Å². The normalized spacial score (nSPS) is 17.6. The van der Waals surface area contributed by atoms with Crippen molar-refractivity contribution in [3.8, 4) is 0 Å². The smallest absolute Gasteiger partial charge is 0.176 e. The Morgan fingerprint density at radius 1 is 1.17 bits per heavy atom. The molecule has 1 aromatic rings. The number of likely N-dealkylation sites (tertiary alicyclic amines) is 1. The Balaban J connectivity index is 1.85. The predicted molar refractivity (Wildman–Crippen MR) is 70.6 cm³/mol. The van der Waals surface area contributed by atoms with E-state index >= 15 is 0 Å². The second-order valence-electron chi connectivity index (χ2n) is 4.95. The highest BCUT2D eigenvalue weighted by molar-refractivity contribution is 5.97. The molecule has 2 rings (SSSR count). The first-order valence-electron chi connectivity index (χ1n) is 6.48. The zero-order valence-corrected chi connectivity index (χ0v) is 10.8. The second-order valence-corrected chi connectivity index (χ2v) is 4.95. The lowest BCUT2D eigenvalue weighted by molar-refractivity contribution is -0.122. The van der Waals surface area contributed by atoms with Gasteiger partial charge < -0.3 is 0 Å². The van der Waals surface area contributed by atoms with E-state index in [2.05, 4.69) is 4.90 Å². The maximum Gasteiger partial charge on any atom is 0.176 e. The minimum atomic E-state index is 0.164. The molecule has 0 unspecified atom stereocenters. The van der Waals surface area contributed by atoms with Gasteiger partial charge in [0, 0.05) is 11.5 Å². The van der Waals surface area contributed by atoms with E-state index in [1.807, 2.05) is 30.3 Å². The zero-order chi connectivity index (χ0) is 13.0. The van der Waals surface area contributed by atoms with Gasteiger partial charge in [0.2, 0.25) is 0 Å². The third kappa shape index (κ3) is 3.26. The third-order valence-electron chi connectivity index (χ3n) is 3.63. The topological polar surface area (TPSA) is 37.4 Å². The van der Waals surface area contributed by atoms with Gasteiger partial charge in [0.15, 0.2) is 5.78 Å². The predicted octanol–water partition coefficient (Wildman–Crippen LogP) is 2.17. The van der Waals surface area contributed by atoms with Gasteiger partial charge >= 0.3 is 0 Å². The first-order chi connectivity index (χ1) is 8.66. The highest BCUT2D eigenvalue weighted by Crippen LogP contribution is 2.18. The molecule has 0 amide bonds. The fourth-order valence-corrected chi connectivity index (χ4v) is 2.42. The molecule has 1 aliphatic heterocycles. The summed E-state index contributed by atoms with van der Waals surface area (Å²) < 4.78 is 0. The Bertz CT molecular complexity index is 419. The molecule has 0 N–H and O–H groups in total. The number of hydrogen-bond donors (Lipinski definition) is 0. The molecule has 1 saturated heterocycles. The van der Waals surface area contributed by atoms with Crippen molar-refractivity contribution in [2.24, 2.45) is 5.92 Å². The summed E-state index contributed by atoms with van der Waals surface area (Å²) in [5.41, 5.74) is 0.770. The number of hydrogen-bond acceptors (Lipinski definition) is 3. The van der Waals surface area contributed by atoms with Crippen LogP contribution in [0, 0.1) is 5.92 Å². The van der Waals surface area contributed by atoms with Crippen LogP contribution in [0.5, 0.6) is 0 Å². The summed E-state index contributed by atoms with van der Waals surface area (Å²) in [6, 6.07) is 9.38. The van der Waals surface area contributed by atoms with Crippen LogP contribution in [-0.2, 0) is 4.79 Å². The molecule has 0 aromatic heterocycles. The van der Waals surface area contributed by atoms with Crippen LogP contribution in [-0.4, -0.2) is 36.1 Å². The van der Waals surface area contributed by atoms with Gasteiger partial charge in [0.1, 0.15) is 5.78 Å². The highest BCUT2D eigenvalue weighted by atomic mass is 16.1. The van der Waals surface area contributed by atoms with Crippen molar-refractivity contribution in [3.05, 3.63) is 35.9 Å². The quantitative estimate of drug-likeness (QED) is 0.763. The monoisotopic (exact) mass is 245 g/mol. The van der Waals surface area contributed by atoms with Crippen molar-refractivity contribution in [2.75, 3.05) is 19.6 Å². The van der Waals surface area contributed by atoms with Crippen LogP contribution >= 0.6 is 0 Å². The van der Waals surface area contributed by atoms with Crippen LogP contribution in [0.1, 0.15) is 30.1 Å². The van der Waals surface area contributed by atoms with Crippen molar-refractivity contribution >= 4 is 11.6 Å². The molecule has 18 heavy (non-hydrogen) atoms. The molecule has 1 aromatic carbocycles. The zero-order valence-electron chi connectivity index (χ0n) is 10.8. The van der Waals surface area contributed by atoms with E-state index < -0.39 is 0 Å². The minimum absolute atomic E-state index is 0.164. The summed E-state index contributed by atoms with van der Waals surface area (Å²) >= 11 is 0. The van der Waals surface area contributed by atoms with Crippen molar-refractivity contribution < 1.29 is 9.59 Å². The molecule has 0 saturated carbocycles. The lowest BCUT2D eigenvalue weighted by atomic mass is 9.93. The van der Waals surface area contributed by atoms with Crippen molar-refractivity contribution in [1.82, 2.24) is 4.90 Å². The van der Waals surface area contributed by atoms with Gasteiger partial charge in [-0.25, -0.2) is 0 Å². The molecule has 0 radical (unpaired) electrons. The van der Waals surface area contributed by atoms with Gasteiger partial charge in [0.25, 0.3) is 0 Å². The first kappa shape index (κ1) is 13.0. The number of ketones is 2. The summed E-state index contributed by atoms with van der Waals surface area (Å²) in [6.45, 7) is 3.83. The Morgan fingerprint density at radius 2 is 1.78 bits per heavy atom. The third-order valence-corrected chi connectivity index (χ3v) is 3.63. The molecular formula is C15H19NO2. The molecule has 0 atom stereocenters. The van der Waals surface area contributed by atoms with Crippen LogP contribution in [0.25, 0.3) is 0 Å². The van der Waals surface area contributed by atoms with Crippen molar-refractivity contribution in [1.29, 1.82) is 0 Å². The number of carbonyl (C=O) groups is 2. The highest BCUT2D eigenvalue weighted by Gasteiger charge is 2.23.